The van der Waals surface area contributed by atoms with Crippen LogP contribution in [0.15, 0.2) is 48.5 Å². The second-order valence-corrected chi connectivity index (χ2v) is 13.0. The number of aliphatic hydroxyl groups excluding tert-OH is 1. The first-order valence-electron chi connectivity index (χ1n) is 13.1. The Kier molecular flexibility index (Phi) is 7.26. The number of hydrogen-bond acceptors (Lipinski definition) is 5. The monoisotopic (exact) mass is 555 g/mol. The molecule has 2 aromatic rings. The molecule has 3 aliphatic heterocycles. The highest BCUT2D eigenvalue weighted by molar-refractivity contribution is 8.02. The Morgan fingerprint density at radius 1 is 1.13 bits per heavy atom. The lowest BCUT2D eigenvalue weighted by Gasteiger charge is -2.41. The number of thioether (sulfide) groups is 1. The van der Waals surface area contributed by atoms with Crippen molar-refractivity contribution in [3.8, 4) is 0 Å². The van der Waals surface area contributed by atoms with Crippen molar-refractivity contribution in [1.29, 1.82) is 0 Å². The predicted octanol–water partition coefficient (Wildman–Crippen LogP) is 4.58. The number of carbonyl (C=O) groups excluding carboxylic acids is 3. The first-order chi connectivity index (χ1) is 18.1. The fraction of sp³-hybridized carbons (Fsp3) is 0.483. The molecule has 5 rings (SSSR count). The Hall–Kier alpha value is -2.55. The highest BCUT2D eigenvalue weighted by Gasteiger charge is 2.76. The van der Waals surface area contributed by atoms with Crippen molar-refractivity contribution < 1.29 is 19.5 Å². The second kappa shape index (κ2) is 10.2. The molecule has 7 nitrogen and oxygen atoms in total. The van der Waals surface area contributed by atoms with E-state index in [1.54, 1.807) is 22.7 Å². The zero-order valence-electron chi connectivity index (χ0n) is 22.0. The molecule has 0 radical (unpaired) electrons. The minimum Gasteiger partial charge on any atom is -0.394 e. The summed E-state index contributed by atoms with van der Waals surface area (Å²) in [5.41, 5.74) is 2.00. The smallest absolute Gasteiger partial charge is 0.248 e. The number of anilines is 2. The van der Waals surface area contributed by atoms with Gasteiger partial charge in [-0.05, 0) is 48.9 Å². The number of rotatable bonds is 7. The van der Waals surface area contributed by atoms with Gasteiger partial charge < -0.3 is 20.6 Å². The average molecular weight is 556 g/mol. The number of nitrogens with zero attached hydrogens (tertiary/aromatic N) is 1. The first kappa shape index (κ1) is 27.0. The Morgan fingerprint density at radius 2 is 1.84 bits per heavy atom. The lowest BCUT2D eigenvalue weighted by atomic mass is 9.65. The molecule has 2 aromatic carbocycles. The van der Waals surface area contributed by atoms with Crippen molar-refractivity contribution in [2.75, 3.05) is 17.2 Å². The summed E-state index contributed by atoms with van der Waals surface area (Å²) < 4.78 is -0.790. The third-order valence-corrected chi connectivity index (χ3v) is 11.0. The van der Waals surface area contributed by atoms with E-state index in [1.807, 2.05) is 63.2 Å². The third kappa shape index (κ3) is 4.12. The minimum atomic E-state index is -0.852. The van der Waals surface area contributed by atoms with Crippen molar-refractivity contribution in [2.24, 2.45) is 23.7 Å². The van der Waals surface area contributed by atoms with Gasteiger partial charge in [-0.1, -0.05) is 62.7 Å². The summed E-state index contributed by atoms with van der Waals surface area (Å²) in [4.78, 5) is 43.8. The molecule has 7 atom stereocenters. The molecule has 3 heterocycles. The molecule has 9 heteroatoms. The summed E-state index contributed by atoms with van der Waals surface area (Å²) in [5.74, 6) is -2.08. The lowest BCUT2D eigenvalue weighted by molar-refractivity contribution is -0.142. The molecule has 1 spiro atoms. The van der Waals surface area contributed by atoms with Crippen molar-refractivity contribution in [1.82, 2.24) is 4.90 Å². The van der Waals surface area contributed by atoms with Gasteiger partial charge >= 0.3 is 0 Å². The van der Waals surface area contributed by atoms with Crippen LogP contribution < -0.4 is 10.6 Å². The highest BCUT2D eigenvalue weighted by Crippen LogP contribution is 2.69. The van der Waals surface area contributed by atoms with Gasteiger partial charge in [-0.15, -0.1) is 11.8 Å². The van der Waals surface area contributed by atoms with Gasteiger partial charge in [0.1, 0.15) is 6.04 Å². The molecule has 3 N–H and O–H groups in total. The van der Waals surface area contributed by atoms with Gasteiger partial charge in [0.25, 0.3) is 0 Å². The Bertz CT molecular complexity index is 1240. The van der Waals surface area contributed by atoms with Crippen LogP contribution in [0, 0.1) is 30.6 Å². The summed E-state index contributed by atoms with van der Waals surface area (Å²) in [7, 11) is 0. The maximum atomic E-state index is 14.3. The van der Waals surface area contributed by atoms with E-state index in [0.717, 1.165) is 12.0 Å². The summed E-state index contributed by atoms with van der Waals surface area (Å²) in [6.07, 6.45) is 0.732. The zero-order chi connectivity index (χ0) is 27.4. The van der Waals surface area contributed by atoms with Gasteiger partial charge in [0.05, 0.1) is 39.9 Å². The Balaban J connectivity index is 1.57. The quantitative estimate of drug-likeness (QED) is 0.464. The number of para-hydroxylation sites is 2. The van der Waals surface area contributed by atoms with E-state index in [1.165, 1.54) is 0 Å². The fourth-order valence-corrected chi connectivity index (χ4v) is 9.44. The van der Waals surface area contributed by atoms with Crippen LogP contribution >= 0.6 is 23.4 Å². The van der Waals surface area contributed by atoms with Crippen LogP contribution in [-0.2, 0) is 14.4 Å². The van der Waals surface area contributed by atoms with E-state index >= 15 is 0 Å². The molecule has 38 heavy (non-hydrogen) atoms. The van der Waals surface area contributed by atoms with Crippen LogP contribution in [-0.4, -0.2) is 56.4 Å². The van der Waals surface area contributed by atoms with Crippen molar-refractivity contribution in [3.63, 3.8) is 0 Å². The largest absolute Gasteiger partial charge is 0.394 e. The first-order valence-corrected chi connectivity index (χ1v) is 14.4. The molecule has 0 saturated carbocycles. The fourth-order valence-electron chi connectivity index (χ4n) is 6.77. The lowest BCUT2D eigenvalue weighted by Crippen LogP contribution is -2.57. The molecule has 0 aliphatic carbocycles. The van der Waals surface area contributed by atoms with E-state index in [9.17, 15) is 19.5 Å². The molecule has 3 amide bonds. The predicted molar refractivity (Wildman–Crippen MR) is 151 cm³/mol. The maximum absolute atomic E-state index is 14.3. The minimum absolute atomic E-state index is 0.0202. The number of fused-ring (bicyclic) bond motifs is 1. The normalized spacial score (nSPS) is 30.4. The van der Waals surface area contributed by atoms with Gasteiger partial charge in [0, 0.05) is 10.9 Å². The molecular formula is C29H34ClN3O4S. The summed E-state index contributed by atoms with van der Waals surface area (Å²) in [6.45, 7) is 7.53. The SMILES string of the molecule is Cc1cccc(Cl)c1NC(=O)C1N([C@@H](CO)C(C)C)C(=O)[C@@H]2[C@H](C(=O)Nc3ccccc3)[C@@H]3CC(C)C12S3. The Morgan fingerprint density at radius 3 is 2.47 bits per heavy atom. The number of likely N-dealkylation sites (tertiary alicyclic amines) is 1. The topological polar surface area (TPSA) is 98.7 Å². The van der Waals surface area contributed by atoms with Crippen LogP contribution in [0.4, 0.5) is 11.4 Å². The van der Waals surface area contributed by atoms with Crippen molar-refractivity contribution >= 4 is 52.5 Å². The van der Waals surface area contributed by atoms with Crippen molar-refractivity contribution in [2.45, 2.75) is 56.2 Å². The summed E-state index contributed by atoms with van der Waals surface area (Å²) in [6, 6.07) is 13.2. The van der Waals surface area contributed by atoms with E-state index in [4.69, 9.17) is 11.6 Å². The van der Waals surface area contributed by atoms with Gasteiger partial charge in [-0.25, -0.2) is 0 Å². The van der Waals surface area contributed by atoms with Crippen molar-refractivity contribution in [3.05, 3.63) is 59.1 Å². The van der Waals surface area contributed by atoms with E-state index in [2.05, 4.69) is 17.6 Å². The van der Waals surface area contributed by atoms with Gasteiger partial charge in [0.15, 0.2) is 0 Å². The molecule has 3 aliphatic rings. The van der Waals surface area contributed by atoms with E-state index in [-0.39, 0.29) is 41.4 Å². The zero-order valence-corrected chi connectivity index (χ0v) is 23.6. The number of nitrogens with one attached hydrogen (secondary N) is 2. The van der Waals surface area contributed by atoms with Crippen LogP contribution in [0.25, 0.3) is 0 Å². The molecule has 3 fully saturated rings. The van der Waals surface area contributed by atoms with Crippen LogP contribution in [0.2, 0.25) is 5.02 Å². The Labute approximate surface area is 232 Å². The summed E-state index contributed by atoms with van der Waals surface area (Å²) >= 11 is 8.06. The van der Waals surface area contributed by atoms with Gasteiger partial charge in [-0.3, -0.25) is 14.4 Å². The standard InChI is InChI=1S/C29H34ClN3O4S/c1-15(2)20(14-34)33-25(27(36)32-24-16(3)9-8-12-19(24)30)29-17(4)13-21(38-29)22(23(29)28(33)37)26(35)31-18-10-6-5-7-11-18/h5-12,15,17,20-23,25,34H,13-14H2,1-4H3,(H,31,35)(H,32,36)/t17?,20-,21-,22+,23-,25?,29?/m0/s1. The number of hydrogen-bond donors (Lipinski definition) is 3. The molecule has 3 unspecified atom stereocenters. The second-order valence-electron chi connectivity index (χ2n) is 11.1. The molecule has 0 aromatic heterocycles. The highest BCUT2D eigenvalue weighted by atomic mass is 35.5. The van der Waals surface area contributed by atoms with Gasteiger partial charge in [-0.2, -0.15) is 0 Å². The number of halogens is 1. The average Bonchev–Trinajstić information content (AvgIpc) is 3.46. The van der Waals surface area contributed by atoms with Gasteiger partial charge in [0.2, 0.25) is 17.7 Å². The molecule has 2 bridgehead atoms. The van der Waals surface area contributed by atoms with Crippen LogP contribution in [0.1, 0.15) is 32.8 Å². The molecule has 3 saturated heterocycles. The maximum Gasteiger partial charge on any atom is 0.248 e. The van der Waals surface area contributed by atoms with E-state index in [0.29, 0.717) is 16.4 Å². The third-order valence-electron chi connectivity index (χ3n) is 8.56. The van der Waals surface area contributed by atoms with Crippen LogP contribution in [0.5, 0.6) is 0 Å². The molecular weight excluding hydrogens is 522 g/mol. The van der Waals surface area contributed by atoms with E-state index < -0.39 is 28.7 Å². The number of aryl methyl sites for hydroxylation is 1. The number of amides is 3. The number of carbonyl (C=O) groups is 3. The molecule has 202 valence electrons. The van der Waals surface area contributed by atoms with Crippen LogP contribution in [0.3, 0.4) is 0 Å². The number of aliphatic hydroxyl groups is 1. The summed E-state index contributed by atoms with van der Waals surface area (Å²) in [5, 5.41) is 16.8. The number of benzene rings is 2.